The molecule has 0 aliphatic rings. The fourth-order valence-electron chi connectivity index (χ4n) is 4.62. The summed E-state index contributed by atoms with van der Waals surface area (Å²) in [4.78, 5) is 8.97. The van der Waals surface area contributed by atoms with Gasteiger partial charge in [-0.1, -0.05) is 17.6 Å². The van der Waals surface area contributed by atoms with Crippen LogP contribution in [0.3, 0.4) is 0 Å². The van der Waals surface area contributed by atoms with Gasteiger partial charge in [0.2, 0.25) is 0 Å². The molecule has 0 N–H and O–H groups in total. The van der Waals surface area contributed by atoms with Crippen molar-refractivity contribution in [3.05, 3.63) is 115 Å². The van der Waals surface area contributed by atoms with Crippen LogP contribution in [0.1, 0.15) is 15.2 Å². The van der Waals surface area contributed by atoms with Gasteiger partial charge in [-0.05, 0) is 59.9 Å². The Bertz CT molecular complexity index is 2160. The van der Waals surface area contributed by atoms with E-state index in [-0.39, 0.29) is 26.6 Å². The molecule has 0 spiro atoms. The summed E-state index contributed by atoms with van der Waals surface area (Å²) in [5.74, 6) is 1.33. The molecular weight excluding hydrogens is 667 g/mol. The fourth-order valence-corrected chi connectivity index (χ4v) is 4.62. The summed E-state index contributed by atoms with van der Waals surface area (Å²) in [6.45, 7) is -2.29. The van der Waals surface area contributed by atoms with Crippen molar-refractivity contribution in [1.29, 1.82) is 5.26 Å². The molecule has 7 aromatic rings. The van der Waals surface area contributed by atoms with Crippen LogP contribution in [0, 0.1) is 30.3 Å². The molecule has 0 aliphatic heterocycles. The Kier molecular flexibility index (Phi) is 5.37. The Balaban J connectivity index is 0.00000316. The molecule has 0 atom stereocenters. The number of nitriles is 1. The van der Waals surface area contributed by atoms with E-state index in [1.54, 1.807) is 42.8 Å². The molecule has 39 heavy (non-hydrogen) atoms. The van der Waals surface area contributed by atoms with E-state index in [2.05, 4.69) is 28.2 Å². The molecule has 7 rings (SSSR count). The fraction of sp³-hybridized carbons (Fsp3) is 0.0312. The van der Waals surface area contributed by atoms with Crippen LogP contribution < -0.4 is 4.74 Å². The van der Waals surface area contributed by atoms with Crippen molar-refractivity contribution in [2.24, 2.45) is 0 Å². The van der Waals surface area contributed by atoms with Crippen molar-refractivity contribution in [2.45, 2.75) is 6.85 Å². The second kappa shape index (κ2) is 9.87. The number of aromatic nitrogens is 3. The normalized spacial score (nSPS) is 12.4. The maximum absolute atomic E-state index is 9.50. The number of pyridine rings is 2. The first-order valence-electron chi connectivity index (χ1n) is 13.3. The summed E-state index contributed by atoms with van der Waals surface area (Å²) in [6, 6.07) is 30.3. The van der Waals surface area contributed by atoms with Crippen LogP contribution in [0.4, 0.5) is 0 Å². The summed E-state index contributed by atoms with van der Waals surface area (Å²) in [5, 5.41) is 12.1. The third-order valence-electron chi connectivity index (χ3n) is 6.36. The van der Waals surface area contributed by atoms with Crippen LogP contribution in [0.15, 0.2) is 95.9 Å². The molecule has 0 bridgehead atoms. The molecule has 0 unspecified atom stereocenters. The molecule has 0 aliphatic carbocycles. The standard InChI is InChI=1S/C32H18N4O2.Pt/c1-20-9-11-34-32(13-20)36-29-8-5-21(18-33)14-27(29)26-7-6-25(17-30(26)36)38-24-4-2-3-22(15-24)28-16-23-10-12-37-31(23)19-35-28;/h2-14,16,19H,1H3;/q-2;+2/i1D3;. The zero-order valence-corrected chi connectivity index (χ0v) is 22.4. The molecule has 7 heteroatoms. The molecule has 0 fully saturated rings. The minimum atomic E-state index is -2.29. The average Bonchev–Trinajstić information content (AvgIpc) is 3.58. The van der Waals surface area contributed by atoms with Gasteiger partial charge in [0.1, 0.15) is 11.4 Å². The van der Waals surface area contributed by atoms with Crippen molar-refractivity contribution >= 4 is 32.8 Å². The minimum absolute atomic E-state index is 0. The van der Waals surface area contributed by atoms with Gasteiger partial charge in [-0.2, -0.15) is 11.3 Å². The quantitative estimate of drug-likeness (QED) is 0.179. The van der Waals surface area contributed by atoms with Gasteiger partial charge in [0.05, 0.1) is 24.1 Å². The number of hydrogen-bond donors (Lipinski definition) is 0. The van der Waals surface area contributed by atoms with Crippen molar-refractivity contribution in [1.82, 2.24) is 14.5 Å². The second-order valence-corrected chi connectivity index (χ2v) is 8.73. The first-order chi connectivity index (χ1) is 19.9. The van der Waals surface area contributed by atoms with E-state index in [9.17, 15) is 5.26 Å². The van der Waals surface area contributed by atoms with Gasteiger partial charge in [0.25, 0.3) is 0 Å². The van der Waals surface area contributed by atoms with E-state index in [1.165, 1.54) is 12.3 Å². The zero-order valence-electron chi connectivity index (χ0n) is 23.1. The van der Waals surface area contributed by atoms with Gasteiger partial charge in [0, 0.05) is 32.7 Å². The molecule has 0 radical (unpaired) electrons. The van der Waals surface area contributed by atoms with Crippen LogP contribution in [0.25, 0.3) is 49.9 Å². The number of fused-ring (bicyclic) bond motifs is 4. The zero-order chi connectivity index (χ0) is 28.1. The number of nitrogens with zero attached hydrogens (tertiary/aromatic N) is 4. The third kappa shape index (κ3) is 4.37. The SMILES string of the molecule is [2H]C([2H])([2H])c1ccnc(-n2c3[c-]c(Oc4[c-]c(-c5cc6ccoc6cn5)ccc4)ccc3c3cc(C#N)ccc32)c1.[Pt+2]. The van der Waals surface area contributed by atoms with Gasteiger partial charge in [-0.15, -0.1) is 41.3 Å². The molecule has 4 heterocycles. The molecule has 0 amide bonds. The maximum atomic E-state index is 9.50. The molecule has 0 saturated carbocycles. The van der Waals surface area contributed by atoms with Gasteiger partial charge in [-0.3, -0.25) is 0 Å². The summed E-state index contributed by atoms with van der Waals surface area (Å²) in [7, 11) is 0. The Morgan fingerprint density at radius 3 is 2.79 bits per heavy atom. The van der Waals surface area contributed by atoms with Crippen LogP contribution in [-0.4, -0.2) is 14.5 Å². The van der Waals surface area contributed by atoms with E-state index >= 15 is 0 Å². The van der Waals surface area contributed by atoms with Crippen molar-refractivity contribution in [2.75, 3.05) is 0 Å². The van der Waals surface area contributed by atoms with E-state index in [4.69, 9.17) is 13.3 Å². The summed E-state index contributed by atoms with van der Waals surface area (Å²) < 4.78 is 37.0. The Morgan fingerprint density at radius 2 is 1.90 bits per heavy atom. The first kappa shape index (κ1) is 21.2. The summed E-state index contributed by atoms with van der Waals surface area (Å²) in [5.41, 5.74) is 4.28. The molecule has 6 nitrogen and oxygen atoms in total. The molecule has 0 saturated heterocycles. The Hall–Kier alpha value is -4.72. The number of rotatable bonds is 4. The van der Waals surface area contributed by atoms with Crippen LogP contribution in [-0.2, 0) is 21.1 Å². The number of benzene rings is 3. The summed E-state index contributed by atoms with van der Waals surface area (Å²) in [6.07, 6.45) is 4.79. The van der Waals surface area contributed by atoms with E-state index < -0.39 is 6.85 Å². The molecule has 188 valence electrons. The van der Waals surface area contributed by atoms with Crippen LogP contribution >= 0.6 is 0 Å². The molecule has 4 aromatic heterocycles. The van der Waals surface area contributed by atoms with Crippen LogP contribution in [0.5, 0.6) is 11.5 Å². The van der Waals surface area contributed by atoms with Crippen molar-refractivity contribution in [3.63, 3.8) is 0 Å². The predicted molar refractivity (Wildman–Crippen MR) is 145 cm³/mol. The second-order valence-electron chi connectivity index (χ2n) is 8.73. The maximum Gasteiger partial charge on any atom is 2.00 e. The van der Waals surface area contributed by atoms with Crippen molar-refractivity contribution in [3.8, 4) is 34.6 Å². The largest absolute Gasteiger partial charge is 2.00 e. The monoisotopic (exact) mass is 688 g/mol. The number of hydrogen-bond acceptors (Lipinski definition) is 5. The average molecular weight is 689 g/mol. The number of furan rings is 1. The van der Waals surface area contributed by atoms with Crippen LogP contribution in [0.2, 0.25) is 0 Å². The Morgan fingerprint density at radius 1 is 0.974 bits per heavy atom. The predicted octanol–water partition coefficient (Wildman–Crippen LogP) is 7.56. The summed E-state index contributed by atoms with van der Waals surface area (Å²) >= 11 is 0. The minimum Gasteiger partial charge on any atom is -0.503 e. The molecular formula is C32H18N4O2Pt. The van der Waals surface area contributed by atoms with E-state index in [0.29, 0.717) is 34.0 Å². The number of aryl methyl sites for hydroxylation is 1. The van der Waals surface area contributed by atoms with Crippen molar-refractivity contribution < 1.29 is 34.3 Å². The van der Waals surface area contributed by atoms with Gasteiger partial charge < -0.3 is 18.7 Å². The smallest absolute Gasteiger partial charge is 0.503 e. The van der Waals surface area contributed by atoms with Gasteiger partial charge >= 0.3 is 21.1 Å². The first-order valence-corrected chi connectivity index (χ1v) is 11.8. The van der Waals surface area contributed by atoms with E-state index in [0.717, 1.165) is 32.9 Å². The molecule has 3 aromatic carbocycles. The van der Waals surface area contributed by atoms with E-state index in [1.807, 2.05) is 41.0 Å². The topological polar surface area (TPSA) is 76.9 Å². The van der Waals surface area contributed by atoms with Gasteiger partial charge in [-0.25, -0.2) is 4.98 Å². The third-order valence-corrected chi connectivity index (χ3v) is 6.36. The Labute approximate surface area is 242 Å². The van der Waals surface area contributed by atoms with Gasteiger partial charge in [0.15, 0.2) is 0 Å². The number of ether oxygens (including phenoxy) is 1.